The summed E-state index contributed by atoms with van der Waals surface area (Å²) in [6.07, 6.45) is 3.76. The fourth-order valence-corrected chi connectivity index (χ4v) is 1.70. The Balaban J connectivity index is 2.04. The molecular weight excluding hydrogens is 260 g/mol. The summed E-state index contributed by atoms with van der Waals surface area (Å²) in [6, 6.07) is 1.68. The van der Waals surface area contributed by atoms with Crippen LogP contribution in [-0.4, -0.2) is 40.0 Å². The number of hydrogen-bond acceptors (Lipinski definition) is 3. The van der Waals surface area contributed by atoms with Crippen LogP contribution in [0, 0.1) is 5.92 Å². The van der Waals surface area contributed by atoms with Crippen molar-refractivity contribution in [1.29, 1.82) is 0 Å². The van der Waals surface area contributed by atoms with Gasteiger partial charge in [-0.2, -0.15) is 5.10 Å². The maximum Gasteiger partial charge on any atom is 0.314 e. The Hall–Kier alpha value is -2.05. The lowest BCUT2D eigenvalue weighted by atomic mass is 10.1. The van der Waals surface area contributed by atoms with E-state index in [1.165, 1.54) is 0 Å². The molecule has 0 spiro atoms. The molecule has 0 aliphatic carbocycles. The molecule has 112 valence electrons. The van der Waals surface area contributed by atoms with Crippen molar-refractivity contribution in [2.45, 2.75) is 26.2 Å². The van der Waals surface area contributed by atoms with Crippen LogP contribution in [0.15, 0.2) is 12.3 Å². The minimum Gasteiger partial charge on any atom is -0.481 e. The first-order chi connectivity index (χ1) is 9.49. The van der Waals surface area contributed by atoms with Crippen LogP contribution in [-0.2, 0) is 18.3 Å². The van der Waals surface area contributed by atoms with Gasteiger partial charge >= 0.3 is 12.0 Å². The van der Waals surface area contributed by atoms with Crippen molar-refractivity contribution in [2.24, 2.45) is 13.0 Å². The first kappa shape index (κ1) is 16.0. The third-order valence-corrected chi connectivity index (χ3v) is 2.96. The number of aryl methyl sites for hydroxylation is 1. The van der Waals surface area contributed by atoms with Crippen LogP contribution >= 0.6 is 0 Å². The number of aromatic nitrogens is 2. The molecule has 1 rings (SSSR count). The largest absolute Gasteiger partial charge is 0.481 e. The van der Waals surface area contributed by atoms with Crippen molar-refractivity contribution in [2.75, 3.05) is 13.1 Å². The lowest BCUT2D eigenvalue weighted by Gasteiger charge is -2.08. The van der Waals surface area contributed by atoms with Crippen molar-refractivity contribution in [1.82, 2.24) is 20.4 Å². The summed E-state index contributed by atoms with van der Waals surface area (Å²) in [5.74, 6) is -1.17. The highest BCUT2D eigenvalue weighted by Crippen LogP contribution is 2.03. The van der Waals surface area contributed by atoms with Crippen LogP contribution in [0.3, 0.4) is 0 Å². The highest BCUT2D eigenvalue weighted by atomic mass is 16.4. The van der Waals surface area contributed by atoms with Crippen LogP contribution in [0.1, 0.15) is 25.5 Å². The number of rotatable bonds is 8. The summed E-state index contributed by atoms with van der Waals surface area (Å²) in [5.41, 5.74) is 0.933. The zero-order valence-electron chi connectivity index (χ0n) is 11.9. The van der Waals surface area contributed by atoms with Gasteiger partial charge in [-0.1, -0.05) is 6.92 Å². The van der Waals surface area contributed by atoms with E-state index in [4.69, 9.17) is 5.11 Å². The van der Waals surface area contributed by atoms with Gasteiger partial charge in [-0.05, 0) is 18.9 Å². The lowest BCUT2D eigenvalue weighted by Crippen LogP contribution is -2.37. The van der Waals surface area contributed by atoms with E-state index in [0.717, 1.165) is 5.69 Å². The van der Waals surface area contributed by atoms with E-state index in [0.29, 0.717) is 32.4 Å². The molecule has 2 amide bonds. The molecule has 7 nitrogen and oxygen atoms in total. The van der Waals surface area contributed by atoms with Crippen LogP contribution in [0.4, 0.5) is 4.79 Å². The second-order valence-corrected chi connectivity index (χ2v) is 4.79. The van der Waals surface area contributed by atoms with Gasteiger partial charge in [0.15, 0.2) is 0 Å². The summed E-state index contributed by atoms with van der Waals surface area (Å²) >= 11 is 0. The van der Waals surface area contributed by atoms with E-state index in [2.05, 4.69) is 15.7 Å². The number of amides is 2. The first-order valence-electron chi connectivity index (χ1n) is 6.72. The number of carboxylic acid groups (broad SMARTS) is 1. The van der Waals surface area contributed by atoms with Crippen molar-refractivity contribution in [3.8, 4) is 0 Å². The summed E-state index contributed by atoms with van der Waals surface area (Å²) in [6.45, 7) is 2.66. The third kappa shape index (κ3) is 6.21. The second-order valence-electron chi connectivity index (χ2n) is 4.79. The zero-order valence-corrected chi connectivity index (χ0v) is 11.9. The highest BCUT2D eigenvalue weighted by Gasteiger charge is 2.09. The molecule has 1 unspecified atom stereocenters. The molecule has 0 aliphatic rings. The standard InChI is InChI=1S/C13H22N4O3/c1-10(12(18)19)4-3-7-14-13(20)15-8-5-11-6-9-17(2)16-11/h6,9-10H,3-5,7-8H2,1-2H3,(H,18,19)(H2,14,15,20). The SMILES string of the molecule is CC(CCCNC(=O)NCCc1ccn(C)n1)C(=O)O. The maximum atomic E-state index is 11.5. The minimum atomic E-state index is -0.801. The monoisotopic (exact) mass is 282 g/mol. The van der Waals surface area contributed by atoms with Gasteiger partial charge in [-0.3, -0.25) is 9.48 Å². The van der Waals surface area contributed by atoms with E-state index >= 15 is 0 Å². The molecule has 7 heteroatoms. The van der Waals surface area contributed by atoms with Gasteiger partial charge in [0.1, 0.15) is 0 Å². The topological polar surface area (TPSA) is 96.3 Å². The van der Waals surface area contributed by atoms with E-state index in [1.807, 2.05) is 19.3 Å². The molecule has 0 bridgehead atoms. The van der Waals surface area contributed by atoms with E-state index < -0.39 is 5.97 Å². The summed E-state index contributed by atoms with van der Waals surface area (Å²) < 4.78 is 1.72. The average Bonchev–Trinajstić information content (AvgIpc) is 2.80. The molecule has 1 atom stereocenters. The number of carboxylic acids is 1. The predicted octanol–water partition coefficient (Wildman–Crippen LogP) is 0.763. The Morgan fingerprint density at radius 3 is 2.70 bits per heavy atom. The smallest absolute Gasteiger partial charge is 0.314 e. The number of nitrogens with zero attached hydrogens (tertiary/aromatic N) is 2. The second kappa shape index (κ2) is 8.19. The van der Waals surface area contributed by atoms with Gasteiger partial charge in [-0.15, -0.1) is 0 Å². The Bertz CT molecular complexity index is 445. The van der Waals surface area contributed by atoms with Gasteiger partial charge in [0.25, 0.3) is 0 Å². The molecule has 0 fully saturated rings. The molecule has 20 heavy (non-hydrogen) atoms. The predicted molar refractivity (Wildman–Crippen MR) is 74.3 cm³/mol. The van der Waals surface area contributed by atoms with Gasteiger partial charge < -0.3 is 15.7 Å². The molecule has 1 aromatic rings. The Kier molecular flexibility index (Phi) is 6.55. The molecule has 0 aromatic carbocycles. The first-order valence-corrected chi connectivity index (χ1v) is 6.72. The van der Waals surface area contributed by atoms with Gasteiger partial charge in [0, 0.05) is 32.8 Å². The summed E-state index contributed by atoms with van der Waals surface area (Å²) in [4.78, 5) is 22.1. The Morgan fingerprint density at radius 2 is 2.10 bits per heavy atom. The maximum absolute atomic E-state index is 11.5. The molecule has 1 heterocycles. The zero-order chi connectivity index (χ0) is 15.0. The van der Waals surface area contributed by atoms with Crippen LogP contribution < -0.4 is 10.6 Å². The van der Waals surface area contributed by atoms with Gasteiger partial charge in [0.2, 0.25) is 0 Å². The molecule has 3 N–H and O–H groups in total. The number of nitrogens with one attached hydrogen (secondary N) is 2. The van der Waals surface area contributed by atoms with E-state index in [1.54, 1.807) is 11.6 Å². The molecule has 0 saturated carbocycles. The Morgan fingerprint density at radius 1 is 1.40 bits per heavy atom. The van der Waals surface area contributed by atoms with E-state index in [9.17, 15) is 9.59 Å². The molecular formula is C13H22N4O3. The van der Waals surface area contributed by atoms with Crippen molar-refractivity contribution < 1.29 is 14.7 Å². The minimum absolute atomic E-state index is 0.232. The molecule has 1 aromatic heterocycles. The van der Waals surface area contributed by atoms with Gasteiger partial charge in [-0.25, -0.2) is 4.79 Å². The normalized spacial score (nSPS) is 11.9. The number of hydrogen-bond donors (Lipinski definition) is 3. The van der Waals surface area contributed by atoms with Crippen molar-refractivity contribution in [3.05, 3.63) is 18.0 Å². The van der Waals surface area contributed by atoms with E-state index in [-0.39, 0.29) is 11.9 Å². The summed E-state index contributed by atoms with van der Waals surface area (Å²) in [7, 11) is 1.85. The van der Waals surface area contributed by atoms with Crippen LogP contribution in [0.5, 0.6) is 0 Å². The molecule has 0 aliphatic heterocycles. The van der Waals surface area contributed by atoms with Gasteiger partial charge in [0.05, 0.1) is 11.6 Å². The third-order valence-electron chi connectivity index (χ3n) is 2.96. The van der Waals surface area contributed by atoms with Crippen LogP contribution in [0.25, 0.3) is 0 Å². The Labute approximate surface area is 118 Å². The molecule has 0 saturated heterocycles. The number of carbonyl (C=O) groups is 2. The summed E-state index contributed by atoms with van der Waals surface area (Å²) in [5, 5.41) is 18.4. The fraction of sp³-hybridized carbons (Fsp3) is 0.615. The average molecular weight is 282 g/mol. The van der Waals surface area contributed by atoms with Crippen molar-refractivity contribution >= 4 is 12.0 Å². The number of aliphatic carboxylic acids is 1. The fourth-order valence-electron chi connectivity index (χ4n) is 1.70. The quantitative estimate of drug-likeness (QED) is 0.613. The molecule has 0 radical (unpaired) electrons. The van der Waals surface area contributed by atoms with Crippen molar-refractivity contribution in [3.63, 3.8) is 0 Å². The number of urea groups is 1. The van der Waals surface area contributed by atoms with Crippen LogP contribution in [0.2, 0.25) is 0 Å². The lowest BCUT2D eigenvalue weighted by molar-refractivity contribution is -0.141. The number of carbonyl (C=O) groups excluding carboxylic acids is 1. The highest BCUT2D eigenvalue weighted by molar-refractivity contribution is 5.73.